The van der Waals surface area contributed by atoms with Crippen LogP contribution in [0.2, 0.25) is 10.0 Å². The van der Waals surface area contributed by atoms with Gasteiger partial charge in [0.25, 0.3) is 0 Å². The maximum absolute atomic E-state index is 12.1. The first-order chi connectivity index (χ1) is 10.5. The van der Waals surface area contributed by atoms with Crippen LogP contribution in [-0.2, 0) is 11.3 Å². The Hall–Kier alpha value is -0.770. The molecule has 1 saturated heterocycles. The van der Waals surface area contributed by atoms with E-state index in [9.17, 15) is 4.79 Å². The van der Waals surface area contributed by atoms with Gasteiger partial charge in [0.05, 0.1) is 10.0 Å². The SMILES string of the molecule is CC(C)CNC(=O)C1CCN(Cc2ccc(Cl)c(Cl)c2)CC1. The van der Waals surface area contributed by atoms with Crippen molar-refractivity contribution in [3.63, 3.8) is 0 Å². The van der Waals surface area contributed by atoms with E-state index in [1.54, 1.807) is 0 Å². The van der Waals surface area contributed by atoms with E-state index in [1.807, 2.05) is 18.2 Å². The minimum atomic E-state index is 0.156. The Morgan fingerprint density at radius 2 is 1.95 bits per heavy atom. The Labute approximate surface area is 143 Å². The van der Waals surface area contributed by atoms with Crippen LogP contribution in [0.25, 0.3) is 0 Å². The molecular formula is C17H24Cl2N2O. The lowest BCUT2D eigenvalue weighted by Gasteiger charge is -2.31. The second-order valence-electron chi connectivity index (χ2n) is 6.44. The van der Waals surface area contributed by atoms with Crippen molar-refractivity contribution in [2.75, 3.05) is 19.6 Å². The number of hydrogen-bond acceptors (Lipinski definition) is 2. The first-order valence-electron chi connectivity index (χ1n) is 7.89. The smallest absolute Gasteiger partial charge is 0.223 e. The Morgan fingerprint density at radius 3 is 2.55 bits per heavy atom. The van der Waals surface area contributed by atoms with Crippen LogP contribution in [-0.4, -0.2) is 30.4 Å². The average Bonchev–Trinajstić information content (AvgIpc) is 2.49. The standard InChI is InChI=1S/C17H24Cl2N2O/c1-12(2)10-20-17(22)14-5-7-21(8-6-14)11-13-3-4-15(18)16(19)9-13/h3-4,9,12,14H,5-8,10-11H2,1-2H3,(H,20,22). The number of benzene rings is 1. The normalized spacial score (nSPS) is 17.0. The number of carbonyl (C=O) groups excluding carboxylic acids is 1. The Kier molecular flexibility index (Phi) is 6.54. The molecule has 0 atom stereocenters. The molecule has 0 unspecified atom stereocenters. The molecule has 1 amide bonds. The predicted octanol–water partition coefficient (Wildman–Crippen LogP) is 3.98. The van der Waals surface area contributed by atoms with Gasteiger partial charge in [-0.2, -0.15) is 0 Å². The highest BCUT2D eigenvalue weighted by Gasteiger charge is 2.24. The number of halogens is 2. The molecule has 122 valence electrons. The summed E-state index contributed by atoms with van der Waals surface area (Å²) in [6, 6.07) is 5.77. The summed E-state index contributed by atoms with van der Waals surface area (Å²) in [5.74, 6) is 0.866. The number of likely N-dealkylation sites (tertiary alicyclic amines) is 1. The Bertz CT molecular complexity index is 511. The molecular weight excluding hydrogens is 319 g/mol. The van der Waals surface area contributed by atoms with Crippen molar-refractivity contribution in [1.82, 2.24) is 10.2 Å². The van der Waals surface area contributed by atoms with Crippen molar-refractivity contribution in [3.8, 4) is 0 Å². The van der Waals surface area contributed by atoms with Crippen LogP contribution in [0.1, 0.15) is 32.3 Å². The molecule has 1 aliphatic heterocycles. The average molecular weight is 343 g/mol. The van der Waals surface area contributed by atoms with Crippen LogP contribution >= 0.6 is 23.2 Å². The second-order valence-corrected chi connectivity index (χ2v) is 7.25. The van der Waals surface area contributed by atoms with E-state index in [-0.39, 0.29) is 11.8 Å². The van der Waals surface area contributed by atoms with Gasteiger partial charge in [-0.3, -0.25) is 9.69 Å². The molecule has 0 radical (unpaired) electrons. The van der Waals surface area contributed by atoms with Crippen LogP contribution in [0.5, 0.6) is 0 Å². The molecule has 1 N–H and O–H groups in total. The summed E-state index contributed by atoms with van der Waals surface area (Å²) in [4.78, 5) is 14.5. The summed E-state index contributed by atoms with van der Waals surface area (Å²) in [7, 11) is 0. The van der Waals surface area contributed by atoms with E-state index in [4.69, 9.17) is 23.2 Å². The second kappa shape index (κ2) is 8.19. The molecule has 0 aliphatic carbocycles. The third-order valence-corrected chi connectivity index (χ3v) is 4.77. The molecule has 0 aromatic heterocycles. The maximum Gasteiger partial charge on any atom is 0.223 e. The van der Waals surface area contributed by atoms with Crippen LogP contribution in [0, 0.1) is 11.8 Å². The van der Waals surface area contributed by atoms with E-state index in [0.717, 1.165) is 44.6 Å². The van der Waals surface area contributed by atoms with Crippen molar-refractivity contribution >= 4 is 29.1 Å². The highest BCUT2D eigenvalue weighted by atomic mass is 35.5. The van der Waals surface area contributed by atoms with Crippen LogP contribution in [0.15, 0.2) is 18.2 Å². The lowest BCUT2D eigenvalue weighted by molar-refractivity contribution is -0.126. The summed E-state index contributed by atoms with van der Waals surface area (Å²) in [6.45, 7) is 7.74. The quantitative estimate of drug-likeness (QED) is 0.877. The zero-order valence-corrected chi connectivity index (χ0v) is 14.8. The number of rotatable bonds is 5. The maximum atomic E-state index is 12.1. The van der Waals surface area contributed by atoms with Gasteiger partial charge in [-0.25, -0.2) is 0 Å². The zero-order chi connectivity index (χ0) is 16.1. The van der Waals surface area contributed by atoms with Gasteiger partial charge in [-0.05, 0) is 49.5 Å². The minimum Gasteiger partial charge on any atom is -0.356 e. The molecule has 1 aromatic rings. The van der Waals surface area contributed by atoms with Crippen molar-refractivity contribution in [3.05, 3.63) is 33.8 Å². The number of amides is 1. The zero-order valence-electron chi connectivity index (χ0n) is 13.2. The number of carbonyl (C=O) groups is 1. The largest absolute Gasteiger partial charge is 0.356 e. The van der Waals surface area contributed by atoms with Crippen LogP contribution < -0.4 is 5.32 Å². The molecule has 1 aliphatic rings. The molecule has 5 heteroatoms. The van der Waals surface area contributed by atoms with Gasteiger partial charge in [-0.15, -0.1) is 0 Å². The van der Waals surface area contributed by atoms with Crippen molar-refractivity contribution < 1.29 is 4.79 Å². The fraction of sp³-hybridized carbons (Fsp3) is 0.588. The predicted molar refractivity (Wildman–Crippen MR) is 92.3 cm³/mol. The lowest BCUT2D eigenvalue weighted by atomic mass is 9.95. The van der Waals surface area contributed by atoms with Crippen LogP contribution in [0.3, 0.4) is 0 Å². The van der Waals surface area contributed by atoms with Crippen LogP contribution in [0.4, 0.5) is 0 Å². The highest BCUT2D eigenvalue weighted by Crippen LogP contribution is 2.25. The summed E-state index contributed by atoms with van der Waals surface area (Å²) in [6.07, 6.45) is 1.84. The third-order valence-electron chi connectivity index (χ3n) is 4.03. The van der Waals surface area contributed by atoms with E-state index in [2.05, 4.69) is 24.1 Å². The van der Waals surface area contributed by atoms with E-state index < -0.39 is 0 Å². The molecule has 2 rings (SSSR count). The highest BCUT2D eigenvalue weighted by molar-refractivity contribution is 6.42. The Balaban J connectivity index is 1.79. The molecule has 0 bridgehead atoms. The molecule has 0 saturated carbocycles. The molecule has 3 nitrogen and oxygen atoms in total. The van der Waals surface area contributed by atoms with Gasteiger partial charge < -0.3 is 5.32 Å². The lowest BCUT2D eigenvalue weighted by Crippen LogP contribution is -2.41. The number of piperidine rings is 1. The van der Waals surface area contributed by atoms with Crippen molar-refractivity contribution in [2.24, 2.45) is 11.8 Å². The molecule has 1 fully saturated rings. The summed E-state index contributed by atoms with van der Waals surface area (Å²) >= 11 is 12.0. The topological polar surface area (TPSA) is 32.3 Å². The van der Waals surface area contributed by atoms with Gasteiger partial charge >= 0.3 is 0 Å². The first-order valence-corrected chi connectivity index (χ1v) is 8.65. The Morgan fingerprint density at radius 1 is 1.27 bits per heavy atom. The fourth-order valence-electron chi connectivity index (χ4n) is 2.70. The summed E-state index contributed by atoms with van der Waals surface area (Å²) in [5.41, 5.74) is 1.16. The number of nitrogens with one attached hydrogen (secondary N) is 1. The fourth-order valence-corrected chi connectivity index (χ4v) is 3.02. The monoisotopic (exact) mass is 342 g/mol. The van der Waals surface area contributed by atoms with E-state index in [1.165, 1.54) is 0 Å². The van der Waals surface area contributed by atoms with Gasteiger partial charge in [0, 0.05) is 19.0 Å². The number of hydrogen-bond donors (Lipinski definition) is 1. The van der Waals surface area contributed by atoms with Crippen molar-refractivity contribution in [2.45, 2.75) is 33.2 Å². The molecule has 1 heterocycles. The summed E-state index contributed by atoms with van der Waals surface area (Å²) in [5, 5.41) is 4.23. The van der Waals surface area contributed by atoms with Gasteiger partial charge in [0.2, 0.25) is 5.91 Å². The molecule has 0 spiro atoms. The first kappa shape index (κ1) is 17.6. The van der Waals surface area contributed by atoms with Gasteiger partial charge in [0.15, 0.2) is 0 Å². The minimum absolute atomic E-state index is 0.156. The van der Waals surface area contributed by atoms with Crippen molar-refractivity contribution in [1.29, 1.82) is 0 Å². The van der Waals surface area contributed by atoms with Gasteiger partial charge in [-0.1, -0.05) is 43.1 Å². The third kappa shape index (κ3) is 5.15. The van der Waals surface area contributed by atoms with E-state index in [0.29, 0.717) is 16.0 Å². The number of nitrogens with zero attached hydrogens (tertiary/aromatic N) is 1. The van der Waals surface area contributed by atoms with E-state index >= 15 is 0 Å². The molecule has 1 aromatic carbocycles. The summed E-state index contributed by atoms with van der Waals surface area (Å²) < 4.78 is 0. The molecule has 22 heavy (non-hydrogen) atoms. The van der Waals surface area contributed by atoms with Gasteiger partial charge in [0.1, 0.15) is 0 Å².